The van der Waals surface area contributed by atoms with E-state index in [9.17, 15) is 4.79 Å². The van der Waals surface area contributed by atoms with Gasteiger partial charge in [0.15, 0.2) is 5.82 Å². The number of carbonyl (C=O) groups is 1. The van der Waals surface area contributed by atoms with Crippen LogP contribution in [0.4, 0.5) is 11.5 Å². The van der Waals surface area contributed by atoms with Gasteiger partial charge in [-0.2, -0.15) is 0 Å². The zero-order valence-corrected chi connectivity index (χ0v) is 15.9. The molecule has 28 heavy (non-hydrogen) atoms. The largest absolute Gasteiger partial charge is 0.421 e. The Hall–Kier alpha value is -3.22. The van der Waals surface area contributed by atoms with E-state index in [2.05, 4.69) is 25.4 Å². The Balaban J connectivity index is 1.36. The molecule has 0 radical (unpaired) electrons. The van der Waals surface area contributed by atoms with E-state index in [1.165, 1.54) is 5.56 Å². The molecular formula is C21H23N5O2. The van der Waals surface area contributed by atoms with Gasteiger partial charge in [-0.3, -0.25) is 4.79 Å². The molecule has 144 valence electrons. The van der Waals surface area contributed by atoms with Crippen LogP contribution in [0.3, 0.4) is 0 Å². The molecule has 7 nitrogen and oxygen atoms in total. The molecular weight excluding hydrogens is 354 g/mol. The first-order valence-electron chi connectivity index (χ1n) is 9.58. The van der Waals surface area contributed by atoms with Crippen LogP contribution in [-0.4, -0.2) is 34.2 Å². The van der Waals surface area contributed by atoms with Crippen molar-refractivity contribution in [3.05, 3.63) is 54.0 Å². The fraction of sp³-hybridized carbons (Fsp3) is 0.333. The summed E-state index contributed by atoms with van der Waals surface area (Å²) in [5.74, 6) is 1.67. The smallest absolute Gasteiger partial charge is 0.247 e. The summed E-state index contributed by atoms with van der Waals surface area (Å²) in [4.78, 5) is 19.1. The van der Waals surface area contributed by atoms with E-state index >= 15 is 0 Å². The number of aromatic nitrogens is 3. The summed E-state index contributed by atoms with van der Waals surface area (Å²) < 4.78 is 5.69. The molecule has 1 aliphatic rings. The molecule has 1 N–H and O–H groups in total. The van der Waals surface area contributed by atoms with Gasteiger partial charge < -0.3 is 14.6 Å². The molecule has 0 spiro atoms. The minimum absolute atomic E-state index is 0.0940. The van der Waals surface area contributed by atoms with E-state index in [0.29, 0.717) is 18.2 Å². The summed E-state index contributed by atoms with van der Waals surface area (Å²) >= 11 is 0. The van der Waals surface area contributed by atoms with Crippen LogP contribution in [0.25, 0.3) is 11.5 Å². The molecule has 1 aromatic carbocycles. The molecule has 1 fully saturated rings. The van der Waals surface area contributed by atoms with Crippen LogP contribution in [0.5, 0.6) is 0 Å². The predicted molar refractivity (Wildman–Crippen MR) is 107 cm³/mol. The standard InChI is InChI=1S/C21H23N5O2/c1-15-6-8-16(9-7-15)21-25-24-19(28-21)11-10-18(27)23-17-5-4-12-22-20(17)26-13-2-3-14-26/h4-9,12H,2-3,10-11,13-14H2,1H3,(H,23,27). The van der Waals surface area contributed by atoms with Crippen LogP contribution in [0.15, 0.2) is 47.0 Å². The van der Waals surface area contributed by atoms with E-state index in [0.717, 1.165) is 43.0 Å². The second-order valence-corrected chi connectivity index (χ2v) is 6.98. The molecule has 0 saturated carbocycles. The maximum absolute atomic E-state index is 12.4. The van der Waals surface area contributed by atoms with E-state index in [1.54, 1.807) is 6.20 Å². The first kappa shape index (κ1) is 18.2. The van der Waals surface area contributed by atoms with Gasteiger partial charge in [-0.1, -0.05) is 17.7 Å². The maximum atomic E-state index is 12.4. The first-order chi connectivity index (χ1) is 13.7. The first-order valence-corrected chi connectivity index (χ1v) is 9.58. The summed E-state index contributed by atoms with van der Waals surface area (Å²) in [5, 5.41) is 11.1. The number of carbonyl (C=O) groups excluding carboxylic acids is 1. The molecule has 1 saturated heterocycles. The highest BCUT2D eigenvalue weighted by Gasteiger charge is 2.18. The van der Waals surface area contributed by atoms with Crippen molar-refractivity contribution in [2.45, 2.75) is 32.6 Å². The number of nitrogens with zero attached hydrogens (tertiary/aromatic N) is 4. The quantitative estimate of drug-likeness (QED) is 0.706. The zero-order valence-electron chi connectivity index (χ0n) is 15.9. The van der Waals surface area contributed by atoms with Crippen molar-refractivity contribution in [3.8, 4) is 11.5 Å². The molecule has 7 heteroatoms. The molecule has 3 aromatic rings. The van der Waals surface area contributed by atoms with Gasteiger partial charge in [0.1, 0.15) is 0 Å². The van der Waals surface area contributed by atoms with Crippen LogP contribution in [0.2, 0.25) is 0 Å². The molecule has 1 aliphatic heterocycles. The molecule has 0 aliphatic carbocycles. The Labute approximate surface area is 163 Å². The Morgan fingerprint density at radius 3 is 2.71 bits per heavy atom. The van der Waals surface area contributed by atoms with Gasteiger partial charge in [-0.05, 0) is 44.0 Å². The second kappa shape index (κ2) is 8.21. The topological polar surface area (TPSA) is 84.2 Å². The van der Waals surface area contributed by atoms with Crippen LogP contribution in [-0.2, 0) is 11.2 Å². The van der Waals surface area contributed by atoms with E-state index in [-0.39, 0.29) is 12.3 Å². The third-order valence-electron chi connectivity index (χ3n) is 4.80. The lowest BCUT2D eigenvalue weighted by Gasteiger charge is -2.19. The number of nitrogens with one attached hydrogen (secondary N) is 1. The van der Waals surface area contributed by atoms with Crippen molar-refractivity contribution in [2.24, 2.45) is 0 Å². The minimum Gasteiger partial charge on any atom is -0.421 e. The Morgan fingerprint density at radius 1 is 1.14 bits per heavy atom. The molecule has 4 rings (SSSR count). The summed E-state index contributed by atoms with van der Waals surface area (Å²) in [5.41, 5.74) is 2.79. The summed E-state index contributed by atoms with van der Waals surface area (Å²) in [6.45, 7) is 3.98. The number of aryl methyl sites for hydroxylation is 2. The highest BCUT2D eigenvalue weighted by atomic mass is 16.4. The van der Waals surface area contributed by atoms with Crippen LogP contribution in [0.1, 0.15) is 30.7 Å². The van der Waals surface area contributed by atoms with Crippen LogP contribution >= 0.6 is 0 Å². The van der Waals surface area contributed by atoms with Crippen molar-refractivity contribution in [3.63, 3.8) is 0 Å². The summed E-state index contributed by atoms with van der Waals surface area (Å²) in [7, 11) is 0. The fourth-order valence-electron chi connectivity index (χ4n) is 3.28. The van der Waals surface area contributed by atoms with Crippen LogP contribution in [0, 0.1) is 6.92 Å². The maximum Gasteiger partial charge on any atom is 0.247 e. The van der Waals surface area contributed by atoms with E-state index in [4.69, 9.17) is 4.42 Å². The molecule has 1 amide bonds. The SMILES string of the molecule is Cc1ccc(-c2nnc(CCC(=O)Nc3cccnc3N3CCCC3)o2)cc1. The van der Waals surface area contributed by atoms with Crippen molar-refractivity contribution < 1.29 is 9.21 Å². The Bertz CT molecular complexity index is 945. The molecule has 0 atom stereocenters. The third-order valence-corrected chi connectivity index (χ3v) is 4.80. The summed E-state index contributed by atoms with van der Waals surface area (Å²) in [6, 6.07) is 11.6. The van der Waals surface area contributed by atoms with Gasteiger partial charge in [0.2, 0.25) is 17.7 Å². The normalized spacial score (nSPS) is 13.7. The number of amides is 1. The molecule has 3 heterocycles. The lowest BCUT2D eigenvalue weighted by molar-refractivity contribution is -0.116. The van der Waals surface area contributed by atoms with Gasteiger partial charge in [0.25, 0.3) is 0 Å². The number of hydrogen-bond acceptors (Lipinski definition) is 6. The lowest BCUT2D eigenvalue weighted by Crippen LogP contribution is -2.22. The van der Waals surface area contributed by atoms with Gasteiger partial charge in [-0.15, -0.1) is 10.2 Å². The Morgan fingerprint density at radius 2 is 1.93 bits per heavy atom. The van der Waals surface area contributed by atoms with E-state index in [1.807, 2.05) is 43.3 Å². The molecule has 0 unspecified atom stereocenters. The number of anilines is 2. The fourth-order valence-corrected chi connectivity index (χ4v) is 3.28. The average molecular weight is 377 g/mol. The number of benzene rings is 1. The van der Waals surface area contributed by atoms with Crippen molar-refractivity contribution in [2.75, 3.05) is 23.3 Å². The highest BCUT2D eigenvalue weighted by molar-refractivity contribution is 5.93. The molecule has 0 bridgehead atoms. The van der Waals surface area contributed by atoms with Gasteiger partial charge >= 0.3 is 0 Å². The predicted octanol–water partition coefficient (Wildman–Crippen LogP) is 3.61. The van der Waals surface area contributed by atoms with E-state index < -0.39 is 0 Å². The number of pyridine rings is 1. The number of rotatable bonds is 6. The average Bonchev–Trinajstić information content (AvgIpc) is 3.40. The lowest BCUT2D eigenvalue weighted by atomic mass is 10.1. The second-order valence-electron chi connectivity index (χ2n) is 6.98. The van der Waals surface area contributed by atoms with Crippen molar-refractivity contribution in [1.29, 1.82) is 0 Å². The Kier molecular flexibility index (Phi) is 5.32. The van der Waals surface area contributed by atoms with Crippen molar-refractivity contribution in [1.82, 2.24) is 15.2 Å². The number of hydrogen-bond donors (Lipinski definition) is 1. The van der Waals surface area contributed by atoms with Gasteiger partial charge in [-0.25, -0.2) is 4.98 Å². The third kappa shape index (κ3) is 4.19. The molecule has 2 aromatic heterocycles. The van der Waals surface area contributed by atoms with Gasteiger partial charge in [0, 0.05) is 37.7 Å². The van der Waals surface area contributed by atoms with Crippen LogP contribution < -0.4 is 10.2 Å². The van der Waals surface area contributed by atoms with Gasteiger partial charge in [0.05, 0.1) is 5.69 Å². The highest BCUT2D eigenvalue weighted by Crippen LogP contribution is 2.26. The zero-order chi connectivity index (χ0) is 19.3. The van der Waals surface area contributed by atoms with Crippen molar-refractivity contribution >= 4 is 17.4 Å². The minimum atomic E-state index is -0.0940. The monoisotopic (exact) mass is 377 g/mol. The summed E-state index contributed by atoms with van der Waals surface area (Å²) in [6.07, 6.45) is 4.73.